The van der Waals surface area contributed by atoms with E-state index in [1.165, 1.54) is 12.1 Å². The monoisotopic (exact) mass is 397 g/mol. The molecule has 0 spiro atoms. The van der Waals surface area contributed by atoms with Crippen LogP contribution in [0.5, 0.6) is 0 Å². The molecule has 1 aliphatic heterocycles. The van der Waals surface area contributed by atoms with Gasteiger partial charge in [-0.2, -0.15) is 4.98 Å². The molecule has 1 aromatic carbocycles. The van der Waals surface area contributed by atoms with Gasteiger partial charge in [-0.1, -0.05) is 5.16 Å². The standard InChI is InChI=1S/C21H24FN5O2/c22-18-4-2-17(3-5-18)21-24-19(25-29-21)6-1-16-7-12-27(13-8-16)20(28)9-11-26-14-10-23-15-26/h2-5,10,14-16H,1,6-9,11-13H2. The zero-order valence-electron chi connectivity index (χ0n) is 16.2. The van der Waals surface area contributed by atoms with Crippen LogP contribution in [0.15, 0.2) is 47.5 Å². The Morgan fingerprint density at radius 2 is 2.00 bits per heavy atom. The molecule has 0 aliphatic carbocycles. The number of hydrogen-bond acceptors (Lipinski definition) is 5. The SMILES string of the molecule is O=C(CCn1ccnc1)N1CCC(CCc2noc(-c3ccc(F)cc3)n2)CC1. The average Bonchev–Trinajstić information content (AvgIpc) is 3.44. The van der Waals surface area contributed by atoms with Gasteiger partial charge in [0.05, 0.1) is 6.33 Å². The van der Waals surface area contributed by atoms with Crippen molar-refractivity contribution in [2.45, 2.75) is 38.6 Å². The van der Waals surface area contributed by atoms with Crippen molar-refractivity contribution in [3.8, 4) is 11.5 Å². The molecule has 152 valence electrons. The van der Waals surface area contributed by atoms with Gasteiger partial charge in [0.15, 0.2) is 5.82 Å². The number of likely N-dealkylation sites (tertiary alicyclic amines) is 1. The van der Waals surface area contributed by atoms with Gasteiger partial charge in [0.25, 0.3) is 5.89 Å². The maximum absolute atomic E-state index is 13.0. The Morgan fingerprint density at radius 3 is 2.72 bits per heavy atom. The second-order valence-corrected chi connectivity index (χ2v) is 7.44. The van der Waals surface area contributed by atoms with Crippen molar-refractivity contribution < 1.29 is 13.7 Å². The number of imidazole rings is 1. The van der Waals surface area contributed by atoms with Gasteiger partial charge >= 0.3 is 0 Å². The Hall–Kier alpha value is -3.03. The molecule has 0 unspecified atom stereocenters. The Balaban J connectivity index is 1.20. The number of aryl methyl sites for hydroxylation is 2. The van der Waals surface area contributed by atoms with Crippen molar-refractivity contribution in [3.05, 3.63) is 54.6 Å². The third-order valence-corrected chi connectivity index (χ3v) is 5.45. The predicted octanol–water partition coefficient (Wildman–Crippen LogP) is 3.33. The average molecular weight is 397 g/mol. The van der Waals surface area contributed by atoms with E-state index in [0.717, 1.165) is 38.8 Å². The molecule has 0 bridgehead atoms. The first-order chi connectivity index (χ1) is 14.2. The summed E-state index contributed by atoms with van der Waals surface area (Å²) in [4.78, 5) is 22.8. The van der Waals surface area contributed by atoms with Crippen LogP contribution in [0.2, 0.25) is 0 Å². The first-order valence-electron chi connectivity index (χ1n) is 9.99. The number of carbonyl (C=O) groups is 1. The van der Waals surface area contributed by atoms with Crippen molar-refractivity contribution in [3.63, 3.8) is 0 Å². The van der Waals surface area contributed by atoms with Crippen molar-refractivity contribution in [1.29, 1.82) is 0 Å². The highest BCUT2D eigenvalue weighted by molar-refractivity contribution is 5.76. The van der Waals surface area contributed by atoms with Crippen LogP contribution in [0, 0.1) is 11.7 Å². The number of halogens is 1. The first kappa shape index (κ1) is 19.3. The van der Waals surface area contributed by atoms with E-state index in [2.05, 4.69) is 15.1 Å². The number of benzene rings is 1. The van der Waals surface area contributed by atoms with Crippen LogP contribution >= 0.6 is 0 Å². The zero-order chi connectivity index (χ0) is 20.1. The molecule has 0 atom stereocenters. The van der Waals surface area contributed by atoms with Gasteiger partial charge in [0, 0.05) is 50.4 Å². The normalized spacial score (nSPS) is 15.0. The molecule has 0 saturated carbocycles. The summed E-state index contributed by atoms with van der Waals surface area (Å²) in [5.74, 6) is 1.56. The highest BCUT2D eigenvalue weighted by atomic mass is 19.1. The lowest BCUT2D eigenvalue weighted by atomic mass is 9.92. The van der Waals surface area contributed by atoms with Crippen molar-refractivity contribution in [2.75, 3.05) is 13.1 Å². The quantitative estimate of drug-likeness (QED) is 0.611. The van der Waals surface area contributed by atoms with Crippen LogP contribution in [0.1, 0.15) is 31.5 Å². The molecule has 1 saturated heterocycles. The van der Waals surface area contributed by atoms with Crippen LogP contribution in [0.25, 0.3) is 11.5 Å². The summed E-state index contributed by atoms with van der Waals surface area (Å²) in [5.41, 5.74) is 0.715. The van der Waals surface area contributed by atoms with Gasteiger partial charge < -0.3 is 14.0 Å². The van der Waals surface area contributed by atoms with Crippen LogP contribution in [0.4, 0.5) is 4.39 Å². The molecule has 1 aliphatic rings. The van der Waals surface area contributed by atoms with Gasteiger partial charge in [0.2, 0.25) is 5.91 Å². The summed E-state index contributed by atoms with van der Waals surface area (Å²) < 4.78 is 20.2. The van der Waals surface area contributed by atoms with E-state index in [9.17, 15) is 9.18 Å². The fourth-order valence-corrected chi connectivity index (χ4v) is 3.67. The molecule has 3 aromatic rings. The molecule has 4 rings (SSSR count). The zero-order valence-corrected chi connectivity index (χ0v) is 16.2. The molecular formula is C21H24FN5O2. The largest absolute Gasteiger partial charge is 0.343 e. The minimum absolute atomic E-state index is 0.208. The maximum Gasteiger partial charge on any atom is 0.257 e. The lowest BCUT2D eigenvalue weighted by Crippen LogP contribution is -2.38. The first-order valence-corrected chi connectivity index (χ1v) is 9.99. The minimum Gasteiger partial charge on any atom is -0.343 e. The smallest absolute Gasteiger partial charge is 0.257 e. The van der Waals surface area contributed by atoms with Gasteiger partial charge in [-0.15, -0.1) is 0 Å². The van der Waals surface area contributed by atoms with Crippen molar-refractivity contribution >= 4 is 5.91 Å². The lowest BCUT2D eigenvalue weighted by Gasteiger charge is -2.32. The van der Waals surface area contributed by atoms with E-state index in [4.69, 9.17) is 4.52 Å². The molecule has 1 amide bonds. The lowest BCUT2D eigenvalue weighted by molar-refractivity contribution is -0.132. The Kier molecular flexibility index (Phi) is 5.97. The van der Waals surface area contributed by atoms with Crippen LogP contribution in [0.3, 0.4) is 0 Å². The second-order valence-electron chi connectivity index (χ2n) is 7.44. The molecular weight excluding hydrogens is 373 g/mol. The van der Waals surface area contributed by atoms with Crippen LogP contribution in [-0.4, -0.2) is 43.6 Å². The summed E-state index contributed by atoms with van der Waals surface area (Å²) in [7, 11) is 0. The van der Waals surface area contributed by atoms with E-state index in [-0.39, 0.29) is 11.7 Å². The summed E-state index contributed by atoms with van der Waals surface area (Å²) in [6, 6.07) is 6.02. The van der Waals surface area contributed by atoms with Gasteiger partial charge in [-0.25, -0.2) is 9.37 Å². The maximum atomic E-state index is 13.0. The van der Waals surface area contributed by atoms with E-state index >= 15 is 0 Å². The van der Waals surface area contributed by atoms with E-state index in [1.54, 1.807) is 24.7 Å². The molecule has 3 heterocycles. The molecule has 7 nitrogen and oxygen atoms in total. The van der Waals surface area contributed by atoms with Gasteiger partial charge in [-0.3, -0.25) is 4.79 Å². The van der Waals surface area contributed by atoms with Crippen molar-refractivity contribution in [1.82, 2.24) is 24.6 Å². The summed E-state index contributed by atoms with van der Waals surface area (Å²) in [6.45, 7) is 2.29. The Labute approximate surface area is 168 Å². The van der Waals surface area contributed by atoms with E-state index in [0.29, 0.717) is 36.2 Å². The topological polar surface area (TPSA) is 77.0 Å². The summed E-state index contributed by atoms with van der Waals surface area (Å²) in [6.07, 6.45) is 9.55. The van der Waals surface area contributed by atoms with Crippen molar-refractivity contribution in [2.24, 2.45) is 5.92 Å². The van der Waals surface area contributed by atoms with Gasteiger partial charge in [0.1, 0.15) is 5.82 Å². The third-order valence-electron chi connectivity index (χ3n) is 5.45. The molecule has 8 heteroatoms. The third kappa shape index (κ3) is 5.07. The molecule has 29 heavy (non-hydrogen) atoms. The molecule has 1 fully saturated rings. The Bertz CT molecular complexity index is 915. The number of amides is 1. The summed E-state index contributed by atoms with van der Waals surface area (Å²) in [5, 5.41) is 4.04. The van der Waals surface area contributed by atoms with Crippen LogP contribution in [-0.2, 0) is 17.8 Å². The fraction of sp³-hybridized carbons (Fsp3) is 0.429. The number of aromatic nitrogens is 4. The summed E-state index contributed by atoms with van der Waals surface area (Å²) >= 11 is 0. The van der Waals surface area contributed by atoms with E-state index < -0.39 is 0 Å². The highest BCUT2D eigenvalue weighted by Gasteiger charge is 2.23. The predicted molar refractivity (Wildman–Crippen MR) is 104 cm³/mol. The molecule has 0 radical (unpaired) electrons. The van der Waals surface area contributed by atoms with Crippen LogP contribution < -0.4 is 0 Å². The highest BCUT2D eigenvalue weighted by Crippen LogP contribution is 2.23. The number of rotatable bonds is 7. The Morgan fingerprint density at radius 1 is 1.21 bits per heavy atom. The number of piperidine rings is 1. The van der Waals surface area contributed by atoms with E-state index in [1.807, 2.05) is 15.7 Å². The second kappa shape index (κ2) is 8.98. The molecule has 0 N–H and O–H groups in total. The number of hydrogen-bond donors (Lipinski definition) is 0. The number of carbonyl (C=O) groups excluding carboxylic acids is 1. The molecule has 2 aromatic heterocycles. The van der Waals surface area contributed by atoms with Gasteiger partial charge in [-0.05, 0) is 49.4 Å². The minimum atomic E-state index is -0.292. The number of nitrogens with zero attached hydrogens (tertiary/aromatic N) is 5. The fourth-order valence-electron chi connectivity index (χ4n) is 3.67.